The van der Waals surface area contributed by atoms with E-state index < -0.39 is 17.8 Å². The number of ether oxygens (including phenoxy) is 1. The van der Waals surface area contributed by atoms with E-state index in [4.69, 9.17) is 19.3 Å². The van der Waals surface area contributed by atoms with Crippen LogP contribution in [-0.2, 0) is 9.53 Å². The number of amides is 2. The van der Waals surface area contributed by atoms with E-state index >= 15 is 0 Å². The molecule has 0 spiro atoms. The number of nitrogens with two attached hydrogens (primary N) is 1. The number of aryl methyl sites for hydroxylation is 1. The number of anilines is 1. The summed E-state index contributed by atoms with van der Waals surface area (Å²) >= 11 is 1.00. The van der Waals surface area contributed by atoms with E-state index in [1.807, 2.05) is 30.3 Å². The Balaban J connectivity index is 1.68. The number of benzene rings is 1. The second-order valence-corrected chi connectivity index (χ2v) is 6.82. The quantitative estimate of drug-likeness (QED) is 0.406. The Morgan fingerprint density at radius 1 is 1.13 bits per heavy atom. The molecule has 30 heavy (non-hydrogen) atoms. The molecule has 2 aromatic heterocycles. The molecule has 3 aromatic rings. The first-order valence-corrected chi connectivity index (χ1v) is 9.81. The number of nitrogens with one attached hydrogen (secondary N) is 1. The number of esters is 1. The summed E-state index contributed by atoms with van der Waals surface area (Å²) in [6, 6.07) is 9.18. The van der Waals surface area contributed by atoms with Gasteiger partial charge in [-0.3, -0.25) is 14.9 Å². The summed E-state index contributed by atoms with van der Waals surface area (Å²) in [7, 11) is 0. The van der Waals surface area contributed by atoms with Crippen LogP contribution in [0.3, 0.4) is 0 Å². The number of hydrogen-bond acceptors (Lipinski definition) is 9. The van der Waals surface area contributed by atoms with Crippen LogP contribution in [0.5, 0.6) is 0 Å². The van der Waals surface area contributed by atoms with Crippen molar-refractivity contribution in [1.29, 1.82) is 0 Å². The third kappa shape index (κ3) is 4.69. The SMILES string of the molecule is CCOC(=O)c1c(C)oc(NC(=O)CSc2nnc(-c3ccccc3)o2)c1C(N)=O. The summed E-state index contributed by atoms with van der Waals surface area (Å²) in [4.78, 5) is 36.2. The monoisotopic (exact) mass is 430 g/mol. The van der Waals surface area contributed by atoms with Crippen LogP contribution in [0.4, 0.5) is 5.88 Å². The largest absolute Gasteiger partial charge is 0.462 e. The molecule has 0 unspecified atom stereocenters. The molecule has 3 N–H and O–H groups in total. The molecule has 0 radical (unpaired) electrons. The van der Waals surface area contributed by atoms with Crippen molar-refractivity contribution in [2.75, 3.05) is 17.7 Å². The normalized spacial score (nSPS) is 10.6. The number of furan rings is 1. The molecule has 0 aliphatic carbocycles. The van der Waals surface area contributed by atoms with Crippen molar-refractivity contribution >= 4 is 35.4 Å². The summed E-state index contributed by atoms with van der Waals surface area (Å²) in [5.74, 6) is -2.10. The molecule has 0 fully saturated rings. The number of hydrogen-bond donors (Lipinski definition) is 2. The first-order chi connectivity index (χ1) is 14.4. The standard InChI is InChI=1S/C19H18N4O6S/c1-3-27-18(26)13-10(2)28-17(14(13)15(20)25)21-12(24)9-30-19-23-22-16(29-19)11-7-5-4-6-8-11/h4-8H,3,9H2,1-2H3,(H2,20,25)(H,21,24). The maximum atomic E-state index is 12.3. The summed E-state index contributed by atoms with van der Waals surface area (Å²) in [5, 5.41) is 10.5. The Bertz CT molecular complexity index is 1080. The van der Waals surface area contributed by atoms with Crippen LogP contribution in [0.1, 0.15) is 33.4 Å². The predicted octanol–water partition coefficient (Wildman–Crippen LogP) is 2.64. The van der Waals surface area contributed by atoms with Gasteiger partial charge in [-0.05, 0) is 26.0 Å². The van der Waals surface area contributed by atoms with Crippen LogP contribution < -0.4 is 11.1 Å². The van der Waals surface area contributed by atoms with Gasteiger partial charge in [0, 0.05) is 5.56 Å². The summed E-state index contributed by atoms with van der Waals surface area (Å²) in [6.45, 7) is 3.19. The highest BCUT2D eigenvalue weighted by Crippen LogP contribution is 2.28. The topological polar surface area (TPSA) is 151 Å². The fourth-order valence-corrected chi connectivity index (χ4v) is 3.14. The van der Waals surface area contributed by atoms with Crippen LogP contribution in [-0.4, -0.2) is 40.3 Å². The molecule has 0 atom stereocenters. The second kappa shape index (κ2) is 9.27. The molecule has 0 saturated heterocycles. The van der Waals surface area contributed by atoms with Crippen LogP contribution in [0, 0.1) is 6.92 Å². The maximum absolute atomic E-state index is 12.3. The predicted molar refractivity (Wildman–Crippen MR) is 107 cm³/mol. The average Bonchev–Trinajstić information content (AvgIpc) is 3.31. The number of primary amides is 1. The molecule has 1 aromatic carbocycles. The lowest BCUT2D eigenvalue weighted by molar-refractivity contribution is -0.113. The average molecular weight is 430 g/mol. The number of thioether (sulfide) groups is 1. The molecule has 11 heteroatoms. The molecule has 0 aliphatic rings. The Morgan fingerprint density at radius 2 is 1.87 bits per heavy atom. The van der Waals surface area contributed by atoms with Gasteiger partial charge in [-0.1, -0.05) is 30.0 Å². The highest BCUT2D eigenvalue weighted by atomic mass is 32.2. The van der Waals surface area contributed by atoms with Gasteiger partial charge in [-0.15, -0.1) is 10.2 Å². The van der Waals surface area contributed by atoms with Crippen LogP contribution in [0.2, 0.25) is 0 Å². The lowest BCUT2D eigenvalue weighted by Crippen LogP contribution is -2.21. The molecule has 2 amide bonds. The third-order valence-corrected chi connectivity index (χ3v) is 4.64. The van der Waals surface area contributed by atoms with Gasteiger partial charge in [0.2, 0.25) is 17.7 Å². The highest BCUT2D eigenvalue weighted by Gasteiger charge is 2.29. The van der Waals surface area contributed by atoms with Gasteiger partial charge in [0.15, 0.2) is 0 Å². The number of aromatic nitrogens is 2. The Hall–Kier alpha value is -3.60. The van der Waals surface area contributed by atoms with E-state index in [9.17, 15) is 14.4 Å². The summed E-state index contributed by atoms with van der Waals surface area (Å²) in [6.07, 6.45) is 0. The van der Waals surface area contributed by atoms with Crippen molar-refractivity contribution in [3.63, 3.8) is 0 Å². The minimum absolute atomic E-state index is 0.106. The molecular weight excluding hydrogens is 412 g/mol. The van der Waals surface area contributed by atoms with E-state index in [1.165, 1.54) is 6.92 Å². The Morgan fingerprint density at radius 3 is 2.53 bits per heavy atom. The fourth-order valence-electron chi connectivity index (χ4n) is 2.57. The van der Waals surface area contributed by atoms with Gasteiger partial charge in [-0.25, -0.2) is 4.79 Å². The van der Waals surface area contributed by atoms with Crippen LogP contribution in [0.25, 0.3) is 11.5 Å². The molecule has 0 saturated carbocycles. The van der Waals surface area contributed by atoms with Gasteiger partial charge in [0.05, 0.1) is 12.4 Å². The van der Waals surface area contributed by atoms with Crippen molar-refractivity contribution in [1.82, 2.24) is 10.2 Å². The van der Waals surface area contributed by atoms with Gasteiger partial charge in [0.25, 0.3) is 11.1 Å². The zero-order chi connectivity index (χ0) is 21.7. The molecule has 0 bridgehead atoms. The van der Waals surface area contributed by atoms with Crippen molar-refractivity contribution in [3.05, 3.63) is 47.2 Å². The fraction of sp³-hybridized carbons (Fsp3) is 0.211. The van der Waals surface area contributed by atoms with E-state index in [0.29, 0.717) is 5.89 Å². The first-order valence-electron chi connectivity index (χ1n) is 8.82. The molecule has 156 valence electrons. The Kier molecular flexibility index (Phi) is 6.52. The molecule has 10 nitrogen and oxygen atoms in total. The van der Waals surface area contributed by atoms with Crippen LogP contribution >= 0.6 is 11.8 Å². The lowest BCUT2D eigenvalue weighted by atomic mass is 10.1. The van der Waals surface area contributed by atoms with E-state index in [0.717, 1.165) is 17.3 Å². The van der Waals surface area contributed by atoms with Crippen molar-refractivity contribution < 1.29 is 28.0 Å². The summed E-state index contributed by atoms with van der Waals surface area (Å²) < 4.78 is 15.8. The third-order valence-electron chi connectivity index (χ3n) is 3.82. The first kappa shape index (κ1) is 21.1. The molecule has 0 aliphatic heterocycles. The van der Waals surface area contributed by atoms with Gasteiger partial charge < -0.3 is 19.3 Å². The zero-order valence-corrected chi connectivity index (χ0v) is 16.9. The van der Waals surface area contributed by atoms with Crippen molar-refractivity contribution in [3.8, 4) is 11.5 Å². The maximum Gasteiger partial charge on any atom is 0.342 e. The summed E-state index contributed by atoms with van der Waals surface area (Å²) in [5.41, 5.74) is 5.76. The minimum atomic E-state index is -0.928. The molecule has 3 rings (SSSR count). The van der Waals surface area contributed by atoms with E-state index in [1.54, 1.807) is 6.92 Å². The van der Waals surface area contributed by atoms with Gasteiger partial charge in [0.1, 0.15) is 16.9 Å². The Labute approximate surface area is 175 Å². The smallest absolute Gasteiger partial charge is 0.342 e. The second-order valence-electron chi connectivity index (χ2n) is 5.90. The van der Waals surface area contributed by atoms with E-state index in [-0.39, 0.29) is 40.4 Å². The van der Waals surface area contributed by atoms with Gasteiger partial charge in [-0.2, -0.15) is 0 Å². The molecular formula is C19H18N4O6S. The molecule has 2 heterocycles. The number of rotatable bonds is 8. The van der Waals surface area contributed by atoms with Crippen molar-refractivity contribution in [2.24, 2.45) is 5.73 Å². The highest BCUT2D eigenvalue weighted by molar-refractivity contribution is 7.99. The number of nitrogens with zero attached hydrogens (tertiary/aromatic N) is 2. The number of carbonyl (C=O) groups excluding carboxylic acids is 3. The van der Waals surface area contributed by atoms with E-state index in [2.05, 4.69) is 15.5 Å². The van der Waals surface area contributed by atoms with Crippen LogP contribution in [0.15, 0.2) is 44.4 Å². The minimum Gasteiger partial charge on any atom is -0.462 e. The number of carbonyl (C=O) groups is 3. The van der Waals surface area contributed by atoms with Crippen molar-refractivity contribution in [2.45, 2.75) is 19.1 Å². The zero-order valence-electron chi connectivity index (χ0n) is 16.1. The lowest BCUT2D eigenvalue weighted by Gasteiger charge is -2.04. The van der Waals surface area contributed by atoms with Gasteiger partial charge >= 0.3 is 5.97 Å².